The number of nitrogens with zero attached hydrogens (tertiary/aromatic N) is 5. The molecule has 2 aromatic heterocycles. The van der Waals surface area contributed by atoms with E-state index < -0.39 is 0 Å². The maximum Gasteiger partial charge on any atom is 0.254 e. The molecule has 0 unspecified atom stereocenters. The van der Waals surface area contributed by atoms with E-state index in [2.05, 4.69) is 31.0 Å². The number of piperidine rings is 1. The predicted molar refractivity (Wildman–Crippen MR) is 128 cm³/mol. The fourth-order valence-corrected chi connectivity index (χ4v) is 5.36. The number of halogens is 1. The van der Waals surface area contributed by atoms with Crippen LogP contribution in [-0.2, 0) is 0 Å². The highest BCUT2D eigenvalue weighted by atomic mass is 35.5. The van der Waals surface area contributed by atoms with Crippen LogP contribution in [0.2, 0.25) is 5.02 Å². The smallest absolute Gasteiger partial charge is 0.254 e. The van der Waals surface area contributed by atoms with Crippen molar-refractivity contribution in [1.29, 1.82) is 0 Å². The van der Waals surface area contributed by atoms with E-state index in [0.29, 0.717) is 16.5 Å². The SMILES string of the molecule is Cc1cc(Cl)ccc1C(=O)N1CCCC[C@H]1c1cc2nc(N3CC[C@H](C)C3)c(C)cn2n1. The summed E-state index contributed by atoms with van der Waals surface area (Å²) >= 11 is 6.11. The van der Waals surface area contributed by atoms with E-state index in [0.717, 1.165) is 67.2 Å². The molecule has 0 bridgehead atoms. The Morgan fingerprint density at radius 2 is 1.94 bits per heavy atom. The summed E-state index contributed by atoms with van der Waals surface area (Å²) < 4.78 is 1.87. The van der Waals surface area contributed by atoms with Gasteiger partial charge in [-0.2, -0.15) is 5.10 Å². The van der Waals surface area contributed by atoms with Gasteiger partial charge in [0.05, 0.1) is 11.7 Å². The molecule has 0 saturated carbocycles. The van der Waals surface area contributed by atoms with Crippen molar-refractivity contribution >= 4 is 29.0 Å². The molecular weight excluding hydrogens is 422 g/mol. The van der Waals surface area contributed by atoms with Gasteiger partial charge in [0.2, 0.25) is 0 Å². The van der Waals surface area contributed by atoms with E-state index in [1.54, 1.807) is 6.07 Å². The summed E-state index contributed by atoms with van der Waals surface area (Å²) in [6, 6.07) is 7.51. The van der Waals surface area contributed by atoms with Crippen molar-refractivity contribution in [3.05, 3.63) is 57.9 Å². The van der Waals surface area contributed by atoms with E-state index in [4.69, 9.17) is 21.7 Å². The van der Waals surface area contributed by atoms with E-state index in [1.165, 1.54) is 6.42 Å². The Bertz CT molecular complexity index is 1170. The Kier molecular flexibility index (Phi) is 5.58. The minimum atomic E-state index is -0.0383. The van der Waals surface area contributed by atoms with Gasteiger partial charge in [-0.1, -0.05) is 18.5 Å². The van der Waals surface area contributed by atoms with Crippen molar-refractivity contribution < 1.29 is 4.79 Å². The number of amides is 1. The maximum atomic E-state index is 13.5. The molecule has 2 saturated heterocycles. The van der Waals surface area contributed by atoms with Gasteiger partial charge in [-0.15, -0.1) is 0 Å². The van der Waals surface area contributed by atoms with Crippen LogP contribution in [0.1, 0.15) is 65.8 Å². The number of hydrogen-bond acceptors (Lipinski definition) is 4. The number of likely N-dealkylation sites (tertiary alicyclic amines) is 1. The Morgan fingerprint density at radius 1 is 1.09 bits per heavy atom. The molecule has 0 spiro atoms. The number of carbonyl (C=O) groups is 1. The summed E-state index contributed by atoms with van der Waals surface area (Å²) in [5, 5.41) is 5.52. The molecule has 1 aromatic carbocycles. The molecule has 168 valence electrons. The van der Waals surface area contributed by atoms with E-state index in [9.17, 15) is 4.79 Å². The van der Waals surface area contributed by atoms with E-state index >= 15 is 0 Å². The molecule has 2 atom stereocenters. The number of fused-ring (bicyclic) bond motifs is 1. The Balaban J connectivity index is 1.47. The second-order valence-corrected chi connectivity index (χ2v) is 9.87. The van der Waals surface area contributed by atoms with Crippen molar-refractivity contribution in [3.63, 3.8) is 0 Å². The highest BCUT2D eigenvalue weighted by molar-refractivity contribution is 6.30. The summed E-state index contributed by atoms with van der Waals surface area (Å²) in [5.41, 5.74) is 4.52. The Morgan fingerprint density at radius 3 is 2.69 bits per heavy atom. The first-order valence-corrected chi connectivity index (χ1v) is 12.0. The lowest BCUT2D eigenvalue weighted by atomic mass is 9.97. The van der Waals surface area contributed by atoms with Crippen LogP contribution in [0.25, 0.3) is 5.65 Å². The molecule has 1 amide bonds. The molecule has 2 fully saturated rings. The first-order valence-electron chi connectivity index (χ1n) is 11.6. The number of carbonyl (C=O) groups excluding carboxylic acids is 1. The first kappa shape index (κ1) is 21.3. The van der Waals surface area contributed by atoms with Gasteiger partial charge in [0.25, 0.3) is 5.91 Å². The topological polar surface area (TPSA) is 53.7 Å². The normalized spacial score (nSPS) is 21.5. The lowest BCUT2D eigenvalue weighted by molar-refractivity contribution is 0.0605. The minimum Gasteiger partial charge on any atom is -0.356 e. The molecule has 5 rings (SSSR count). The van der Waals surface area contributed by atoms with Crippen LogP contribution >= 0.6 is 11.6 Å². The second kappa shape index (κ2) is 8.39. The van der Waals surface area contributed by atoms with Crippen LogP contribution < -0.4 is 4.90 Å². The maximum absolute atomic E-state index is 13.5. The summed E-state index contributed by atoms with van der Waals surface area (Å²) in [7, 11) is 0. The van der Waals surface area contributed by atoms with Gasteiger partial charge in [0.15, 0.2) is 5.65 Å². The third kappa shape index (κ3) is 3.85. The average Bonchev–Trinajstić information content (AvgIpc) is 3.38. The van der Waals surface area contributed by atoms with E-state index in [1.807, 2.05) is 28.5 Å². The van der Waals surface area contributed by atoms with Crippen LogP contribution in [0, 0.1) is 19.8 Å². The lowest BCUT2D eigenvalue weighted by Gasteiger charge is -2.35. The monoisotopic (exact) mass is 451 g/mol. The van der Waals surface area contributed by atoms with Gasteiger partial charge in [-0.25, -0.2) is 9.50 Å². The molecule has 4 heterocycles. The highest BCUT2D eigenvalue weighted by Gasteiger charge is 2.31. The zero-order valence-electron chi connectivity index (χ0n) is 19.0. The van der Waals surface area contributed by atoms with Crippen LogP contribution in [-0.4, -0.2) is 45.0 Å². The highest BCUT2D eigenvalue weighted by Crippen LogP contribution is 2.33. The molecule has 2 aliphatic rings. The summed E-state index contributed by atoms with van der Waals surface area (Å²) in [4.78, 5) is 22.8. The third-order valence-electron chi connectivity index (χ3n) is 6.87. The largest absolute Gasteiger partial charge is 0.356 e. The van der Waals surface area contributed by atoms with Gasteiger partial charge in [-0.05, 0) is 69.2 Å². The fourth-order valence-electron chi connectivity index (χ4n) is 5.13. The zero-order chi connectivity index (χ0) is 22.4. The quantitative estimate of drug-likeness (QED) is 0.548. The molecule has 7 heteroatoms. The number of hydrogen-bond donors (Lipinski definition) is 0. The molecular formula is C25H30ClN5O. The summed E-state index contributed by atoms with van der Waals surface area (Å²) in [6.45, 7) is 9.18. The van der Waals surface area contributed by atoms with Gasteiger partial charge in [0, 0.05) is 48.0 Å². The number of rotatable bonds is 3. The molecule has 32 heavy (non-hydrogen) atoms. The molecule has 3 aromatic rings. The van der Waals surface area contributed by atoms with Gasteiger partial charge in [-0.3, -0.25) is 4.79 Å². The predicted octanol–water partition coefficient (Wildman–Crippen LogP) is 5.21. The third-order valence-corrected chi connectivity index (χ3v) is 7.11. The van der Waals surface area contributed by atoms with Crippen molar-refractivity contribution in [3.8, 4) is 0 Å². The van der Waals surface area contributed by atoms with Crippen molar-refractivity contribution in [2.24, 2.45) is 5.92 Å². The molecule has 0 N–H and O–H groups in total. The van der Waals surface area contributed by atoms with Crippen LogP contribution in [0.3, 0.4) is 0 Å². The Labute approximate surface area is 194 Å². The summed E-state index contributed by atoms with van der Waals surface area (Å²) in [6.07, 6.45) is 6.29. The molecule has 2 aliphatic heterocycles. The van der Waals surface area contributed by atoms with Crippen molar-refractivity contribution in [1.82, 2.24) is 19.5 Å². The molecule has 0 aliphatic carbocycles. The van der Waals surface area contributed by atoms with Crippen LogP contribution in [0.4, 0.5) is 5.82 Å². The summed E-state index contributed by atoms with van der Waals surface area (Å²) in [5.74, 6) is 1.81. The van der Waals surface area contributed by atoms with Gasteiger partial charge in [0.1, 0.15) is 5.82 Å². The number of anilines is 1. The number of aryl methyl sites for hydroxylation is 2. The average molecular weight is 452 g/mol. The number of benzene rings is 1. The van der Waals surface area contributed by atoms with Crippen LogP contribution in [0.15, 0.2) is 30.5 Å². The van der Waals surface area contributed by atoms with Crippen molar-refractivity contribution in [2.45, 2.75) is 52.5 Å². The van der Waals surface area contributed by atoms with Gasteiger partial charge >= 0.3 is 0 Å². The first-order chi connectivity index (χ1) is 15.4. The Hall–Kier alpha value is -2.60. The number of aromatic nitrogens is 3. The minimum absolute atomic E-state index is 0.0383. The fraction of sp³-hybridized carbons (Fsp3) is 0.480. The standard InChI is InChI=1S/C25H30ClN5O/c1-16-9-11-29(14-16)24-18(3)15-31-23(27-24)13-21(28-31)22-6-4-5-10-30(22)25(32)20-8-7-19(26)12-17(20)2/h7-8,12-13,15-16,22H,4-6,9-11,14H2,1-3H3/t16-,22-/m0/s1. The molecule has 0 radical (unpaired) electrons. The van der Waals surface area contributed by atoms with Gasteiger partial charge < -0.3 is 9.80 Å². The zero-order valence-corrected chi connectivity index (χ0v) is 19.8. The lowest BCUT2D eigenvalue weighted by Crippen LogP contribution is -2.39. The second-order valence-electron chi connectivity index (χ2n) is 9.43. The van der Waals surface area contributed by atoms with Crippen molar-refractivity contribution in [2.75, 3.05) is 24.5 Å². The molecule has 6 nitrogen and oxygen atoms in total. The van der Waals surface area contributed by atoms with E-state index in [-0.39, 0.29) is 11.9 Å². The van der Waals surface area contributed by atoms with Crippen LogP contribution in [0.5, 0.6) is 0 Å².